The van der Waals surface area contributed by atoms with Gasteiger partial charge in [-0.05, 0) is 25.0 Å². The van der Waals surface area contributed by atoms with Crippen LogP contribution in [-0.4, -0.2) is 22.7 Å². The van der Waals surface area contributed by atoms with Gasteiger partial charge in [0.2, 0.25) is 0 Å². The van der Waals surface area contributed by atoms with E-state index in [0.29, 0.717) is 25.7 Å². The molecular formula is C13H13ClN2O4. The van der Waals surface area contributed by atoms with Gasteiger partial charge in [-0.1, -0.05) is 11.6 Å². The average Bonchev–Trinajstić information content (AvgIpc) is 2.41. The van der Waals surface area contributed by atoms with Crippen LogP contribution >= 0.6 is 11.6 Å². The zero-order valence-corrected chi connectivity index (χ0v) is 11.4. The first-order chi connectivity index (χ1) is 9.47. The highest BCUT2D eigenvalue weighted by molar-refractivity contribution is 6.31. The molecule has 0 radical (unpaired) electrons. The lowest BCUT2D eigenvalue weighted by Gasteiger charge is -2.22. The van der Waals surface area contributed by atoms with Crippen molar-refractivity contribution < 1.29 is 14.5 Å². The summed E-state index contributed by atoms with van der Waals surface area (Å²) in [6.45, 7) is 0. The number of hydrogen-bond acceptors (Lipinski definition) is 4. The van der Waals surface area contributed by atoms with E-state index in [1.165, 1.54) is 12.1 Å². The predicted octanol–water partition coefficient (Wildman–Crippen LogP) is 2.49. The Kier molecular flexibility index (Phi) is 4.34. The highest BCUT2D eigenvalue weighted by Gasteiger charge is 2.25. The third-order valence-electron chi connectivity index (χ3n) is 3.28. The number of hydrogen-bond donors (Lipinski definition) is 1. The first-order valence-corrected chi connectivity index (χ1v) is 6.61. The molecule has 1 fully saturated rings. The molecule has 1 saturated carbocycles. The van der Waals surface area contributed by atoms with E-state index < -0.39 is 10.8 Å². The molecule has 2 rings (SSSR count). The van der Waals surface area contributed by atoms with Crippen LogP contribution in [0.1, 0.15) is 36.0 Å². The third-order valence-corrected chi connectivity index (χ3v) is 3.51. The van der Waals surface area contributed by atoms with Gasteiger partial charge >= 0.3 is 0 Å². The Hall–Kier alpha value is -1.95. The van der Waals surface area contributed by atoms with Gasteiger partial charge in [0.25, 0.3) is 11.6 Å². The number of rotatable bonds is 3. The maximum absolute atomic E-state index is 12.1. The molecule has 106 valence electrons. The lowest BCUT2D eigenvalue weighted by atomic mass is 9.94. The van der Waals surface area contributed by atoms with Gasteiger partial charge in [-0.2, -0.15) is 0 Å². The van der Waals surface area contributed by atoms with Crippen LogP contribution < -0.4 is 5.32 Å². The second-order valence-corrected chi connectivity index (χ2v) is 5.14. The van der Waals surface area contributed by atoms with E-state index in [9.17, 15) is 19.7 Å². The number of nitro benzene ring substituents is 1. The summed E-state index contributed by atoms with van der Waals surface area (Å²) in [6.07, 6.45) is 2.03. The van der Waals surface area contributed by atoms with Crippen molar-refractivity contribution in [2.24, 2.45) is 0 Å². The highest BCUT2D eigenvalue weighted by Crippen LogP contribution is 2.24. The fourth-order valence-corrected chi connectivity index (χ4v) is 2.36. The first kappa shape index (κ1) is 14.5. The van der Waals surface area contributed by atoms with E-state index in [4.69, 9.17) is 11.6 Å². The Bertz CT molecular complexity index is 563. The molecule has 0 bridgehead atoms. The molecule has 1 N–H and O–H groups in total. The van der Waals surface area contributed by atoms with E-state index in [0.717, 1.165) is 6.07 Å². The van der Waals surface area contributed by atoms with Crippen LogP contribution in [0.3, 0.4) is 0 Å². The second-order valence-electron chi connectivity index (χ2n) is 4.70. The Labute approximate surface area is 120 Å². The topological polar surface area (TPSA) is 89.3 Å². The maximum Gasteiger partial charge on any atom is 0.283 e. The smallest absolute Gasteiger partial charge is 0.283 e. The number of amides is 1. The van der Waals surface area contributed by atoms with E-state index in [-0.39, 0.29) is 28.1 Å². The number of nitrogens with one attached hydrogen (secondary N) is 1. The van der Waals surface area contributed by atoms with Gasteiger partial charge in [-0.15, -0.1) is 0 Å². The summed E-state index contributed by atoms with van der Waals surface area (Å²) >= 11 is 5.70. The second kappa shape index (κ2) is 6.00. The monoisotopic (exact) mass is 296 g/mol. The third kappa shape index (κ3) is 3.33. The fraction of sp³-hybridized carbons (Fsp3) is 0.385. The zero-order chi connectivity index (χ0) is 14.7. The molecule has 6 nitrogen and oxygen atoms in total. The first-order valence-electron chi connectivity index (χ1n) is 6.24. The van der Waals surface area contributed by atoms with Crippen molar-refractivity contribution in [2.45, 2.75) is 31.7 Å². The van der Waals surface area contributed by atoms with E-state index in [1.54, 1.807) is 0 Å². The maximum atomic E-state index is 12.1. The van der Waals surface area contributed by atoms with Crippen LogP contribution in [-0.2, 0) is 4.79 Å². The van der Waals surface area contributed by atoms with Gasteiger partial charge < -0.3 is 5.32 Å². The van der Waals surface area contributed by atoms with Gasteiger partial charge in [0.15, 0.2) is 0 Å². The minimum Gasteiger partial charge on any atom is -0.349 e. The summed E-state index contributed by atoms with van der Waals surface area (Å²) in [5, 5.41) is 13.9. The summed E-state index contributed by atoms with van der Waals surface area (Å²) in [6, 6.07) is 3.81. The SMILES string of the molecule is O=C1CCC(NC(=O)c2ccc(Cl)cc2[N+](=O)[O-])CC1. The van der Waals surface area contributed by atoms with Crippen molar-refractivity contribution in [3.8, 4) is 0 Å². The number of nitro groups is 1. The molecule has 0 unspecified atom stereocenters. The van der Waals surface area contributed by atoms with Gasteiger partial charge in [0, 0.05) is 30.0 Å². The molecular weight excluding hydrogens is 284 g/mol. The molecule has 1 aliphatic rings. The summed E-state index contributed by atoms with van der Waals surface area (Å²) in [5.41, 5.74) is -0.335. The van der Waals surface area contributed by atoms with Crippen molar-refractivity contribution in [3.63, 3.8) is 0 Å². The number of carbonyl (C=O) groups excluding carboxylic acids is 2. The van der Waals surface area contributed by atoms with Crippen LogP contribution in [0.4, 0.5) is 5.69 Å². The Morgan fingerprint density at radius 1 is 1.35 bits per heavy atom. The molecule has 0 atom stereocenters. The number of benzene rings is 1. The van der Waals surface area contributed by atoms with Gasteiger partial charge in [-0.3, -0.25) is 19.7 Å². The van der Waals surface area contributed by atoms with E-state index in [2.05, 4.69) is 5.32 Å². The van der Waals surface area contributed by atoms with Crippen molar-refractivity contribution in [2.75, 3.05) is 0 Å². The van der Waals surface area contributed by atoms with Crippen LogP contribution in [0.2, 0.25) is 5.02 Å². The van der Waals surface area contributed by atoms with Crippen molar-refractivity contribution in [1.29, 1.82) is 0 Å². The molecule has 0 spiro atoms. The van der Waals surface area contributed by atoms with Gasteiger partial charge in [-0.25, -0.2) is 0 Å². The van der Waals surface area contributed by atoms with Crippen LogP contribution in [0.25, 0.3) is 0 Å². The Morgan fingerprint density at radius 3 is 2.60 bits per heavy atom. The molecule has 7 heteroatoms. The zero-order valence-electron chi connectivity index (χ0n) is 10.6. The quantitative estimate of drug-likeness (QED) is 0.685. The van der Waals surface area contributed by atoms with Crippen molar-refractivity contribution in [1.82, 2.24) is 5.32 Å². The van der Waals surface area contributed by atoms with E-state index >= 15 is 0 Å². The molecule has 1 amide bonds. The average molecular weight is 297 g/mol. The van der Waals surface area contributed by atoms with Crippen LogP contribution in [0, 0.1) is 10.1 Å². The Balaban J connectivity index is 2.13. The number of nitrogens with zero attached hydrogens (tertiary/aromatic N) is 1. The number of Topliss-reactive ketones (excluding diaryl/α,β-unsaturated/α-hetero) is 1. The summed E-state index contributed by atoms with van der Waals surface area (Å²) in [4.78, 5) is 33.5. The Morgan fingerprint density at radius 2 is 2.00 bits per heavy atom. The van der Waals surface area contributed by atoms with Crippen LogP contribution in [0.5, 0.6) is 0 Å². The van der Waals surface area contributed by atoms with Crippen molar-refractivity contribution in [3.05, 3.63) is 38.9 Å². The standard InChI is InChI=1S/C13H13ClN2O4/c14-8-1-6-11(12(7-8)16(19)20)13(18)15-9-2-4-10(17)5-3-9/h1,6-7,9H,2-5H2,(H,15,18). The normalized spacial score (nSPS) is 15.9. The number of carbonyl (C=O) groups is 2. The van der Waals surface area contributed by atoms with Crippen molar-refractivity contribution >= 4 is 29.0 Å². The molecule has 1 aromatic rings. The molecule has 0 aromatic heterocycles. The minimum atomic E-state index is -0.634. The lowest BCUT2D eigenvalue weighted by Crippen LogP contribution is -2.37. The summed E-state index contributed by atoms with van der Waals surface area (Å²) < 4.78 is 0. The minimum absolute atomic E-state index is 0.0173. The predicted molar refractivity (Wildman–Crippen MR) is 72.8 cm³/mol. The number of ketones is 1. The molecule has 0 aliphatic heterocycles. The van der Waals surface area contributed by atoms with Crippen LogP contribution in [0.15, 0.2) is 18.2 Å². The highest BCUT2D eigenvalue weighted by atomic mass is 35.5. The van der Waals surface area contributed by atoms with Gasteiger partial charge in [0.1, 0.15) is 11.3 Å². The molecule has 1 aliphatic carbocycles. The lowest BCUT2D eigenvalue weighted by molar-refractivity contribution is -0.385. The van der Waals surface area contributed by atoms with E-state index in [1.807, 2.05) is 0 Å². The largest absolute Gasteiger partial charge is 0.349 e. The number of halogens is 1. The molecule has 20 heavy (non-hydrogen) atoms. The summed E-state index contributed by atoms with van der Waals surface area (Å²) in [7, 11) is 0. The molecule has 1 aromatic carbocycles. The van der Waals surface area contributed by atoms with Gasteiger partial charge in [0.05, 0.1) is 4.92 Å². The fourth-order valence-electron chi connectivity index (χ4n) is 2.20. The molecule has 0 saturated heterocycles. The molecule has 0 heterocycles. The summed E-state index contributed by atoms with van der Waals surface area (Å²) in [5.74, 6) is -0.319.